The van der Waals surface area contributed by atoms with Crippen molar-refractivity contribution in [2.75, 3.05) is 5.01 Å². The quantitative estimate of drug-likeness (QED) is 0.750. The normalized spacial score (nSPS) is 20.0. The molecule has 2 aromatic carbocycles. The molecule has 0 unspecified atom stereocenters. The Balaban J connectivity index is 2.02. The standard InChI is InChI=1S/C18H14BrF2N3/c1-11-17(8-9-22)24(14-5-3-13(19)4-6-14)23-18(11)12-2-7-15(20)16(21)10-12/h2-7,10-11,17H,8H2,1H3/t11-,17-/m1/s1. The van der Waals surface area contributed by atoms with Crippen molar-refractivity contribution in [1.29, 1.82) is 5.26 Å². The Bertz CT molecular complexity index is 827. The number of nitrogens with zero attached hydrogens (tertiary/aromatic N) is 3. The molecular formula is C18H14BrF2N3. The first-order chi connectivity index (χ1) is 11.5. The lowest BCUT2D eigenvalue weighted by atomic mass is 9.91. The van der Waals surface area contributed by atoms with Crippen LogP contribution in [0.15, 0.2) is 52.0 Å². The first-order valence-corrected chi connectivity index (χ1v) is 8.26. The predicted octanol–water partition coefficient (Wildman–Crippen LogP) is 4.87. The fourth-order valence-electron chi connectivity index (χ4n) is 2.85. The fraction of sp³-hybridized carbons (Fsp3) is 0.222. The van der Waals surface area contributed by atoms with E-state index >= 15 is 0 Å². The van der Waals surface area contributed by atoms with Crippen LogP contribution in [0.4, 0.5) is 14.5 Å². The van der Waals surface area contributed by atoms with Crippen LogP contribution in [0.25, 0.3) is 0 Å². The van der Waals surface area contributed by atoms with Crippen LogP contribution < -0.4 is 5.01 Å². The summed E-state index contributed by atoms with van der Waals surface area (Å²) in [4.78, 5) is 0. The molecule has 1 aliphatic heterocycles. The number of hydrogen-bond donors (Lipinski definition) is 0. The average molecular weight is 390 g/mol. The molecule has 0 aromatic heterocycles. The monoisotopic (exact) mass is 389 g/mol. The summed E-state index contributed by atoms with van der Waals surface area (Å²) in [5.74, 6) is -1.87. The van der Waals surface area contributed by atoms with Gasteiger partial charge in [-0.2, -0.15) is 10.4 Å². The molecule has 3 rings (SSSR count). The minimum Gasteiger partial charge on any atom is -0.260 e. The van der Waals surface area contributed by atoms with E-state index in [-0.39, 0.29) is 18.4 Å². The highest BCUT2D eigenvalue weighted by atomic mass is 79.9. The molecule has 0 saturated carbocycles. The summed E-state index contributed by atoms with van der Waals surface area (Å²) in [6, 6.07) is 13.4. The summed E-state index contributed by atoms with van der Waals surface area (Å²) < 4.78 is 27.7. The van der Waals surface area contributed by atoms with Gasteiger partial charge in [0, 0.05) is 16.0 Å². The topological polar surface area (TPSA) is 39.4 Å². The van der Waals surface area contributed by atoms with E-state index in [9.17, 15) is 8.78 Å². The van der Waals surface area contributed by atoms with Crippen LogP contribution in [0.3, 0.4) is 0 Å². The Morgan fingerprint density at radius 1 is 1.17 bits per heavy atom. The summed E-state index contributed by atoms with van der Waals surface area (Å²) in [5, 5.41) is 15.5. The molecule has 0 radical (unpaired) electrons. The lowest BCUT2D eigenvalue weighted by Crippen LogP contribution is -2.31. The van der Waals surface area contributed by atoms with Crippen molar-refractivity contribution in [2.24, 2.45) is 11.0 Å². The van der Waals surface area contributed by atoms with Gasteiger partial charge in [-0.25, -0.2) is 8.78 Å². The van der Waals surface area contributed by atoms with E-state index in [1.807, 2.05) is 31.2 Å². The van der Waals surface area contributed by atoms with Crippen molar-refractivity contribution in [2.45, 2.75) is 19.4 Å². The van der Waals surface area contributed by atoms with Gasteiger partial charge < -0.3 is 0 Å². The maximum atomic E-state index is 13.6. The molecule has 3 nitrogen and oxygen atoms in total. The molecular weight excluding hydrogens is 376 g/mol. The van der Waals surface area contributed by atoms with Gasteiger partial charge >= 0.3 is 0 Å². The maximum absolute atomic E-state index is 13.6. The smallest absolute Gasteiger partial charge is 0.159 e. The van der Waals surface area contributed by atoms with Crippen LogP contribution in [-0.2, 0) is 0 Å². The third kappa shape index (κ3) is 3.04. The van der Waals surface area contributed by atoms with Gasteiger partial charge in [-0.15, -0.1) is 0 Å². The first kappa shape index (κ1) is 16.6. The molecule has 0 bridgehead atoms. The Labute approximate surface area is 147 Å². The summed E-state index contributed by atoms with van der Waals surface area (Å²) >= 11 is 3.39. The minimum absolute atomic E-state index is 0.0850. The zero-order valence-corrected chi connectivity index (χ0v) is 14.5. The summed E-state index contributed by atoms with van der Waals surface area (Å²) in [6.07, 6.45) is 0.286. The van der Waals surface area contributed by atoms with Crippen LogP contribution in [0, 0.1) is 28.9 Å². The number of anilines is 1. The van der Waals surface area contributed by atoms with Crippen molar-refractivity contribution in [3.8, 4) is 6.07 Å². The van der Waals surface area contributed by atoms with E-state index in [2.05, 4.69) is 27.1 Å². The van der Waals surface area contributed by atoms with Gasteiger partial charge in [-0.05, 0) is 42.5 Å². The molecule has 122 valence electrons. The van der Waals surface area contributed by atoms with E-state index < -0.39 is 11.6 Å². The average Bonchev–Trinajstić information content (AvgIpc) is 2.89. The fourth-order valence-corrected chi connectivity index (χ4v) is 3.12. The van der Waals surface area contributed by atoms with Crippen molar-refractivity contribution in [3.63, 3.8) is 0 Å². The highest BCUT2D eigenvalue weighted by molar-refractivity contribution is 9.10. The van der Waals surface area contributed by atoms with Gasteiger partial charge in [-0.3, -0.25) is 5.01 Å². The SMILES string of the molecule is C[C@H]1C(c2ccc(F)c(F)c2)=NN(c2ccc(Br)cc2)[C@@H]1CC#N. The van der Waals surface area contributed by atoms with E-state index in [0.29, 0.717) is 11.3 Å². The van der Waals surface area contributed by atoms with Crippen molar-refractivity contribution >= 4 is 27.3 Å². The number of benzene rings is 2. The van der Waals surface area contributed by atoms with E-state index in [4.69, 9.17) is 5.26 Å². The maximum Gasteiger partial charge on any atom is 0.159 e. The van der Waals surface area contributed by atoms with Crippen LogP contribution >= 0.6 is 15.9 Å². The number of hydrazone groups is 1. The second-order valence-corrected chi connectivity index (χ2v) is 6.57. The van der Waals surface area contributed by atoms with Crippen molar-refractivity contribution in [3.05, 3.63) is 64.1 Å². The van der Waals surface area contributed by atoms with Crippen LogP contribution in [0.5, 0.6) is 0 Å². The van der Waals surface area contributed by atoms with E-state index in [0.717, 1.165) is 22.3 Å². The van der Waals surface area contributed by atoms with E-state index in [1.165, 1.54) is 6.07 Å². The number of nitriles is 1. The van der Waals surface area contributed by atoms with Gasteiger partial charge in [0.15, 0.2) is 11.6 Å². The number of hydrogen-bond acceptors (Lipinski definition) is 3. The number of rotatable bonds is 3. The van der Waals surface area contributed by atoms with E-state index in [1.54, 1.807) is 5.01 Å². The molecule has 24 heavy (non-hydrogen) atoms. The van der Waals surface area contributed by atoms with Gasteiger partial charge in [0.1, 0.15) is 0 Å². The minimum atomic E-state index is -0.902. The zero-order chi connectivity index (χ0) is 17.3. The first-order valence-electron chi connectivity index (χ1n) is 7.47. The zero-order valence-electron chi connectivity index (χ0n) is 12.9. The van der Waals surface area contributed by atoms with Gasteiger partial charge in [0.25, 0.3) is 0 Å². The molecule has 0 fully saturated rings. The summed E-state index contributed by atoms with van der Waals surface area (Å²) in [6.45, 7) is 1.95. The third-order valence-corrected chi connectivity index (χ3v) is 4.67. The largest absolute Gasteiger partial charge is 0.260 e. The highest BCUT2D eigenvalue weighted by Crippen LogP contribution is 2.33. The molecule has 0 saturated heterocycles. The molecule has 0 N–H and O–H groups in total. The van der Waals surface area contributed by atoms with Gasteiger partial charge in [0.05, 0.1) is 29.9 Å². The summed E-state index contributed by atoms with van der Waals surface area (Å²) in [5.41, 5.74) is 2.03. The third-order valence-electron chi connectivity index (χ3n) is 4.15. The van der Waals surface area contributed by atoms with Crippen LogP contribution in [0.1, 0.15) is 18.9 Å². The van der Waals surface area contributed by atoms with Gasteiger partial charge in [-0.1, -0.05) is 22.9 Å². The highest BCUT2D eigenvalue weighted by Gasteiger charge is 2.35. The molecule has 0 aliphatic carbocycles. The molecule has 0 spiro atoms. The second kappa shape index (κ2) is 6.70. The Kier molecular flexibility index (Phi) is 4.63. The Hall–Kier alpha value is -2.26. The molecule has 0 amide bonds. The lowest BCUT2D eigenvalue weighted by molar-refractivity contribution is 0.508. The number of halogens is 3. The Morgan fingerprint density at radius 3 is 2.50 bits per heavy atom. The molecule has 1 heterocycles. The van der Waals surface area contributed by atoms with Gasteiger partial charge in [0.2, 0.25) is 0 Å². The van der Waals surface area contributed by atoms with Crippen LogP contribution in [0.2, 0.25) is 0 Å². The van der Waals surface area contributed by atoms with Crippen molar-refractivity contribution < 1.29 is 8.78 Å². The second-order valence-electron chi connectivity index (χ2n) is 5.65. The molecule has 2 aromatic rings. The summed E-state index contributed by atoms with van der Waals surface area (Å²) in [7, 11) is 0. The lowest BCUT2D eigenvalue weighted by Gasteiger charge is -2.24. The van der Waals surface area contributed by atoms with Crippen molar-refractivity contribution in [1.82, 2.24) is 0 Å². The predicted molar refractivity (Wildman–Crippen MR) is 92.7 cm³/mol. The Morgan fingerprint density at radius 2 is 1.88 bits per heavy atom. The van der Waals surface area contributed by atoms with Crippen LogP contribution in [-0.4, -0.2) is 11.8 Å². The molecule has 6 heteroatoms. The molecule has 2 atom stereocenters. The molecule has 1 aliphatic rings.